The van der Waals surface area contributed by atoms with Gasteiger partial charge in [-0.1, -0.05) is 6.08 Å². The highest BCUT2D eigenvalue weighted by atomic mass is 16.4. The first-order valence-electron chi connectivity index (χ1n) is 6.97. The maximum atomic E-state index is 12.0. The fourth-order valence-electron chi connectivity index (χ4n) is 2.62. The van der Waals surface area contributed by atoms with Gasteiger partial charge >= 0.3 is 12.0 Å². The number of hydrogen-bond acceptors (Lipinski definition) is 2. The van der Waals surface area contributed by atoms with Gasteiger partial charge in [0.1, 0.15) is 6.54 Å². The molecule has 0 atom stereocenters. The average Bonchev–Trinajstić information content (AvgIpc) is 3.21. The van der Waals surface area contributed by atoms with Crippen molar-refractivity contribution >= 4 is 12.0 Å². The molecule has 0 spiro atoms. The van der Waals surface area contributed by atoms with Gasteiger partial charge < -0.3 is 15.3 Å². The number of carboxylic acids is 1. The third-order valence-electron chi connectivity index (χ3n) is 3.91. The Bertz CT molecular complexity index is 350. The molecule has 2 amide bonds. The van der Waals surface area contributed by atoms with Crippen LogP contribution in [0.4, 0.5) is 4.79 Å². The van der Waals surface area contributed by atoms with Crippen molar-refractivity contribution in [3.63, 3.8) is 0 Å². The molecule has 0 unspecified atom stereocenters. The van der Waals surface area contributed by atoms with E-state index in [0.29, 0.717) is 12.5 Å². The SMILES string of the molecule is C=CCN(CC(=O)O)C(=O)NCC(C1CC1)C1CC1. The standard InChI is InChI=1S/C14H22N2O3/c1-2-7-16(9-13(17)18)14(19)15-8-12(10-3-4-10)11-5-6-11/h2,10-12H,1,3-9H2,(H,15,19)(H,17,18). The summed E-state index contributed by atoms with van der Waals surface area (Å²) < 4.78 is 0. The summed E-state index contributed by atoms with van der Waals surface area (Å²) in [6.45, 7) is 4.21. The van der Waals surface area contributed by atoms with Crippen LogP contribution in [0.1, 0.15) is 25.7 Å². The Morgan fingerprint density at radius 1 is 1.32 bits per heavy atom. The molecule has 0 bridgehead atoms. The highest BCUT2D eigenvalue weighted by Crippen LogP contribution is 2.48. The second-order valence-corrected chi connectivity index (χ2v) is 5.59. The van der Waals surface area contributed by atoms with Gasteiger partial charge in [-0.3, -0.25) is 4.79 Å². The lowest BCUT2D eigenvalue weighted by Gasteiger charge is -2.22. The van der Waals surface area contributed by atoms with Crippen LogP contribution in [-0.2, 0) is 4.79 Å². The van der Waals surface area contributed by atoms with Crippen molar-refractivity contribution in [2.45, 2.75) is 25.7 Å². The molecule has 0 aromatic carbocycles. The van der Waals surface area contributed by atoms with E-state index in [1.807, 2.05) is 0 Å². The van der Waals surface area contributed by atoms with Gasteiger partial charge in [-0.15, -0.1) is 6.58 Å². The fourth-order valence-corrected chi connectivity index (χ4v) is 2.62. The summed E-state index contributed by atoms with van der Waals surface area (Å²) in [6, 6.07) is -0.298. The molecular formula is C14H22N2O3. The molecule has 0 radical (unpaired) electrons. The van der Waals surface area contributed by atoms with Gasteiger partial charge in [0.2, 0.25) is 0 Å². The van der Waals surface area contributed by atoms with Crippen molar-refractivity contribution in [2.24, 2.45) is 17.8 Å². The van der Waals surface area contributed by atoms with Crippen molar-refractivity contribution < 1.29 is 14.7 Å². The smallest absolute Gasteiger partial charge is 0.323 e. The van der Waals surface area contributed by atoms with E-state index in [9.17, 15) is 9.59 Å². The zero-order valence-electron chi connectivity index (χ0n) is 11.2. The summed E-state index contributed by atoms with van der Waals surface area (Å²) in [5.74, 6) is 1.15. The molecule has 0 aromatic rings. The highest BCUT2D eigenvalue weighted by Gasteiger charge is 2.41. The van der Waals surface area contributed by atoms with Gasteiger partial charge in [0, 0.05) is 13.1 Å². The van der Waals surface area contributed by atoms with Gasteiger partial charge in [0.05, 0.1) is 0 Å². The minimum Gasteiger partial charge on any atom is -0.480 e. The van der Waals surface area contributed by atoms with E-state index in [-0.39, 0.29) is 19.1 Å². The van der Waals surface area contributed by atoms with E-state index in [4.69, 9.17) is 5.11 Å². The molecule has 0 saturated heterocycles. The first-order chi connectivity index (χ1) is 9.11. The Kier molecular flexibility index (Phi) is 4.45. The third-order valence-corrected chi connectivity index (χ3v) is 3.91. The molecule has 2 N–H and O–H groups in total. The van der Waals surface area contributed by atoms with E-state index in [1.54, 1.807) is 6.08 Å². The number of hydrogen-bond donors (Lipinski definition) is 2. The van der Waals surface area contributed by atoms with Crippen LogP contribution >= 0.6 is 0 Å². The highest BCUT2D eigenvalue weighted by molar-refractivity contribution is 5.80. The number of nitrogens with one attached hydrogen (secondary N) is 1. The lowest BCUT2D eigenvalue weighted by atomic mass is 9.98. The van der Waals surface area contributed by atoms with Crippen LogP contribution in [0.2, 0.25) is 0 Å². The van der Waals surface area contributed by atoms with Crippen LogP contribution < -0.4 is 5.32 Å². The minimum atomic E-state index is -1.00. The van der Waals surface area contributed by atoms with Crippen LogP contribution in [0.3, 0.4) is 0 Å². The number of aliphatic carboxylic acids is 1. The number of amides is 2. The molecule has 2 saturated carbocycles. The summed E-state index contributed by atoms with van der Waals surface area (Å²) in [7, 11) is 0. The molecule has 5 nitrogen and oxygen atoms in total. The summed E-state index contributed by atoms with van der Waals surface area (Å²) in [5, 5.41) is 11.7. The molecule has 2 fully saturated rings. The molecule has 2 aliphatic carbocycles. The minimum absolute atomic E-state index is 0.260. The van der Waals surface area contributed by atoms with Crippen molar-refractivity contribution in [3.8, 4) is 0 Å². The predicted octanol–water partition coefficient (Wildman–Crippen LogP) is 1.70. The maximum Gasteiger partial charge on any atom is 0.323 e. The van der Waals surface area contributed by atoms with E-state index >= 15 is 0 Å². The summed E-state index contributed by atoms with van der Waals surface area (Å²) >= 11 is 0. The molecular weight excluding hydrogens is 244 g/mol. The predicted molar refractivity (Wildman–Crippen MR) is 71.7 cm³/mol. The van der Waals surface area contributed by atoms with Gasteiger partial charge in [0.25, 0.3) is 0 Å². The second-order valence-electron chi connectivity index (χ2n) is 5.59. The number of nitrogens with zero attached hydrogens (tertiary/aromatic N) is 1. The quantitative estimate of drug-likeness (QED) is 0.657. The molecule has 19 heavy (non-hydrogen) atoms. The Balaban J connectivity index is 1.79. The third kappa shape index (κ3) is 4.26. The van der Waals surface area contributed by atoms with Crippen LogP contribution in [-0.4, -0.2) is 41.6 Å². The first kappa shape index (κ1) is 13.9. The molecule has 106 valence electrons. The van der Waals surface area contributed by atoms with E-state index in [0.717, 1.165) is 11.8 Å². The normalized spacial score (nSPS) is 18.2. The number of rotatable bonds is 8. The van der Waals surface area contributed by atoms with Gasteiger partial charge in [-0.25, -0.2) is 4.79 Å². The van der Waals surface area contributed by atoms with E-state index < -0.39 is 5.97 Å². The topological polar surface area (TPSA) is 69.6 Å². The van der Waals surface area contributed by atoms with Crippen LogP contribution in [0, 0.1) is 17.8 Å². The van der Waals surface area contributed by atoms with Crippen LogP contribution in [0.25, 0.3) is 0 Å². The number of carbonyl (C=O) groups excluding carboxylic acids is 1. The molecule has 5 heteroatoms. The van der Waals surface area contributed by atoms with Crippen molar-refractivity contribution in [2.75, 3.05) is 19.6 Å². The van der Waals surface area contributed by atoms with Crippen molar-refractivity contribution in [3.05, 3.63) is 12.7 Å². The summed E-state index contributed by atoms with van der Waals surface area (Å²) in [5.41, 5.74) is 0. The van der Waals surface area contributed by atoms with Gasteiger partial charge in [-0.05, 0) is 43.4 Å². The largest absolute Gasteiger partial charge is 0.480 e. The average molecular weight is 266 g/mol. The van der Waals surface area contributed by atoms with E-state index in [2.05, 4.69) is 11.9 Å². The molecule has 0 aromatic heterocycles. The number of urea groups is 1. The Morgan fingerprint density at radius 2 is 1.89 bits per heavy atom. The van der Waals surface area contributed by atoms with Gasteiger partial charge in [0.15, 0.2) is 0 Å². The monoisotopic (exact) mass is 266 g/mol. The first-order valence-corrected chi connectivity index (χ1v) is 6.97. The summed E-state index contributed by atoms with van der Waals surface area (Å²) in [4.78, 5) is 23.9. The molecule has 2 rings (SSSR count). The Labute approximate surface area is 113 Å². The summed E-state index contributed by atoms with van der Waals surface area (Å²) in [6.07, 6.45) is 6.66. The second kappa shape index (κ2) is 6.08. The molecule has 2 aliphatic rings. The zero-order valence-corrected chi connectivity index (χ0v) is 11.2. The van der Waals surface area contributed by atoms with Crippen LogP contribution in [0.15, 0.2) is 12.7 Å². The maximum absolute atomic E-state index is 12.0. The lowest BCUT2D eigenvalue weighted by Crippen LogP contribution is -2.44. The van der Waals surface area contributed by atoms with Crippen molar-refractivity contribution in [1.29, 1.82) is 0 Å². The molecule has 0 heterocycles. The number of carbonyl (C=O) groups is 2. The number of carboxylic acid groups (broad SMARTS) is 1. The lowest BCUT2D eigenvalue weighted by molar-refractivity contribution is -0.137. The van der Waals surface area contributed by atoms with Crippen LogP contribution in [0.5, 0.6) is 0 Å². The molecule has 0 aliphatic heterocycles. The van der Waals surface area contributed by atoms with Gasteiger partial charge in [-0.2, -0.15) is 0 Å². The Morgan fingerprint density at radius 3 is 2.32 bits per heavy atom. The zero-order chi connectivity index (χ0) is 13.8. The van der Waals surface area contributed by atoms with E-state index in [1.165, 1.54) is 30.6 Å². The fraction of sp³-hybridized carbons (Fsp3) is 0.714. The van der Waals surface area contributed by atoms with Crippen molar-refractivity contribution in [1.82, 2.24) is 10.2 Å². The Hall–Kier alpha value is -1.52.